The summed E-state index contributed by atoms with van der Waals surface area (Å²) in [6.45, 7) is 5.52. The minimum atomic E-state index is -1.98. The third-order valence-corrected chi connectivity index (χ3v) is 21.1. The van der Waals surface area contributed by atoms with Crippen LogP contribution in [-0.2, 0) is 94.6 Å². The quantitative estimate of drug-likeness (QED) is 0.0272. The highest BCUT2D eigenvalue weighted by molar-refractivity contribution is 8.76. The highest BCUT2D eigenvalue weighted by Crippen LogP contribution is 2.25. The Labute approximate surface area is 655 Å². The maximum absolute atomic E-state index is 15.5. The zero-order chi connectivity index (χ0) is 81.6. The minimum Gasteiger partial charge on any atom is -0.508 e. The molecule has 7 rings (SSSR count). The van der Waals surface area contributed by atoms with Gasteiger partial charge in [-0.2, -0.15) is 0 Å². The Morgan fingerprint density at radius 2 is 1.06 bits per heavy atom. The molecule has 14 atom stereocenters. The Balaban J connectivity index is 1.36. The molecule has 3 heterocycles. The average molecular weight is 1590 g/mol. The van der Waals surface area contributed by atoms with Gasteiger partial charge in [-0.1, -0.05) is 120 Å². The zero-order valence-corrected chi connectivity index (χ0v) is 64.4. The van der Waals surface area contributed by atoms with E-state index in [9.17, 15) is 63.9 Å². The van der Waals surface area contributed by atoms with Crippen LogP contribution >= 0.6 is 21.6 Å². The molecule has 2 fully saturated rings. The summed E-state index contributed by atoms with van der Waals surface area (Å²) in [5.41, 5.74) is 15.9. The summed E-state index contributed by atoms with van der Waals surface area (Å²) >= 11 is 0. The molecule has 34 nitrogen and oxygen atoms in total. The molecule has 2 saturated heterocycles. The summed E-state index contributed by atoms with van der Waals surface area (Å²) in [7, 11) is 1.62. The molecule has 0 spiro atoms. The molecule has 23 N–H and O–H groups in total. The van der Waals surface area contributed by atoms with Gasteiger partial charge in [0, 0.05) is 73.4 Å². The van der Waals surface area contributed by atoms with Crippen molar-refractivity contribution in [2.24, 2.45) is 11.5 Å². The van der Waals surface area contributed by atoms with Gasteiger partial charge < -0.3 is 111 Å². The molecule has 2 aliphatic heterocycles. The summed E-state index contributed by atoms with van der Waals surface area (Å²) < 4.78 is 0. The number of aromatic amines is 1. The van der Waals surface area contributed by atoms with Gasteiger partial charge in [0.15, 0.2) is 0 Å². The van der Waals surface area contributed by atoms with Crippen molar-refractivity contribution in [3.63, 3.8) is 0 Å². The number of hydrogen-bond acceptors (Lipinski definition) is 22. The summed E-state index contributed by atoms with van der Waals surface area (Å²) in [6.07, 6.45) is -3.66. The largest absolute Gasteiger partial charge is 0.508 e. The number of hydrogen-bond donors (Lipinski definition) is 21. The van der Waals surface area contributed by atoms with Gasteiger partial charge in [-0.3, -0.25) is 57.5 Å². The molecule has 0 unspecified atom stereocenters. The van der Waals surface area contributed by atoms with Crippen LogP contribution in [0.3, 0.4) is 0 Å². The van der Waals surface area contributed by atoms with E-state index in [1.165, 1.54) is 31.2 Å². The number of aliphatic hydroxyl groups excluding tert-OH is 3. The first kappa shape index (κ1) is 89.0. The fraction of sp³-hybridized carbons (Fsp3) is 0.487. The molecule has 0 saturated carbocycles. The number of nitrogens with two attached hydrogens (primary N) is 2. The average Bonchev–Trinajstić information content (AvgIpc) is 1.64. The molecule has 12 amide bonds. The highest BCUT2D eigenvalue weighted by atomic mass is 33.1. The molecule has 2 bridgehead atoms. The van der Waals surface area contributed by atoms with Gasteiger partial charge in [-0.05, 0) is 118 Å². The lowest BCUT2D eigenvalue weighted by Crippen LogP contribution is -2.63. The normalized spacial score (nSPS) is 24.3. The number of phenolic OH excluding ortho intramolecular Hbond substituents is 1. The molecule has 4 aromatic carbocycles. The summed E-state index contributed by atoms with van der Waals surface area (Å²) in [6, 6.07) is 8.25. The molecule has 608 valence electrons. The van der Waals surface area contributed by atoms with Crippen molar-refractivity contribution in [2.45, 2.75) is 202 Å². The smallest absolute Gasteiger partial charge is 0.327 e. The Kier molecular flexibility index (Phi) is 35.5. The predicted octanol–water partition coefficient (Wildman–Crippen LogP) is -2.26. The standard InChI is InChI=1S/C76H104N16O18S2/c1-41(2)80-36-47-22-20-46(21-23-47)34-57-71(104)92-63(42(3)94)74(107)84-54-19-11-13-31-79-62(97)29-28-55(67(100)85-56(33-44-14-6-5-7-15-44)69(102)87-58(70(103)86-57)35-48-37-81-52-17-9-8-16-50(48)52)83-66(99)53(18-10-12-30-77)82-73(106)60(89-65(98)51(78)32-45-24-26-49(96)27-25-45)39-111-112-40-61(76(109)110)90-72(105)59(38-93)88-75(108)64(43(4)95)91-68(54)101/h5-9,14-17,20-27,37,41-43,51,53-61,63-64,80-81,93-96H,10-13,18-19,28-36,38-40,77-78H2,1-4H3,(H,79,97)(H,82,106)(H,83,99)(H,84,107)(H,85,100)(H,86,103)(H,87,102)(H,88,108)(H,89,98)(H,90,105)(H,91,101)(H,92,104)(H,109,110)/t42-,43-,51+,53+,54+,55+,56+,57+,58-,59+,60+,61+,63+,64+/m1/s1. The maximum Gasteiger partial charge on any atom is 0.327 e. The van der Waals surface area contributed by atoms with Crippen LogP contribution in [-0.4, -0.2) is 229 Å². The van der Waals surface area contributed by atoms with Crippen LogP contribution in [0, 0.1) is 0 Å². The number of aliphatic hydroxyl groups is 3. The van der Waals surface area contributed by atoms with Gasteiger partial charge in [-0.15, -0.1) is 0 Å². The molecule has 112 heavy (non-hydrogen) atoms. The SMILES string of the molecule is CC(C)NCc1ccc(C[C@@H]2NC(=O)[C@@H](Cc3c[nH]c4ccccc34)NC(=O)[C@H](Cc3ccccc3)NC(=O)[C@@H]3CCC(=O)NCCCC[C@H](NC(=O)[C@H]([C@@H](C)O)NC2=O)C(=O)N[C@@H]([C@@H](C)O)C(=O)N[C@@H](CO)C(=O)N[C@H](C(=O)O)CSSC[C@H](NC(=O)[C@@H](N)Cc2ccc(O)cc2)C(=O)N[C@@H](CCCCN)C(=O)N3)cc1. The number of aliphatic carboxylic acids is 1. The van der Waals surface area contributed by atoms with Crippen molar-refractivity contribution in [1.82, 2.24) is 74.1 Å². The molecule has 36 heteroatoms. The topological polar surface area (TPSA) is 547 Å². The molecule has 0 radical (unpaired) electrons. The van der Waals surface area contributed by atoms with Crippen LogP contribution in [0.15, 0.2) is 109 Å². The number of carbonyl (C=O) groups excluding carboxylic acids is 12. The van der Waals surface area contributed by atoms with E-state index in [1.54, 1.807) is 85.1 Å². The number of H-pyrrole nitrogens is 1. The fourth-order valence-corrected chi connectivity index (χ4v) is 14.5. The van der Waals surface area contributed by atoms with Crippen LogP contribution < -0.4 is 80.6 Å². The molecule has 5 aromatic rings. The van der Waals surface area contributed by atoms with Crippen molar-refractivity contribution in [3.05, 3.63) is 137 Å². The van der Waals surface area contributed by atoms with Crippen LogP contribution in [0.1, 0.15) is 107 Å². The Morgan fingerprint density at radius 1 is 0.545 bits per heavy atom. The van der Waals surface area contributed by atoms with Gasteiger partial charge in [0.1, 0.15) is 72.2 Å². The Bertz CT molecular complexity index is 4030. The number of rotatable bonds is 21. The van der Waals surface area contributed by atoms with Crippen LogP contribution in [0.25, 0.3) is 10.9 Å². The lowest BCUT2D eigenvalue weighted by Gasteiger charge is -2.29. The Hall–Kier alpha value is -10.2. The fourth-order valence-electron chi connectivity index (χ4n) is 12.2. The van der Waals surface area contributed by atoms with Crippen molar-refractivity contribution < 1.29 is 87.9 Å². The van der Waals surface area contributed by atoms with Crippen molar-refractivity contribution in [1.29, 1.82) is 0 Å². The van der Waals surface area contributed by atoms with E-state index in [2.05, 4.69) is 74.1 Å². The third-order valence-electron chi connectivity index (χ3n) is 18.7. The lowest BCUT2D eigenvalue weighted by atomic mass is 9.99. The lowest BCUT2D eigenvalue weighted by molar-refractivity contribution is -0.142. The molecule has 2 aliphatic rings. The van der Waals surface area contributed by atoms with Gasteiger partial charge in [-0.25, -0.2) is 4.79 Å². The van der Waals surface area contributed by atoms with Gasteiger partial charge in [0.25, 0.3) is 0 Å². The number of benzene rings is 4. The summed E-state index contributed by atoms with van der Waals surface area (Å²) in [5, 5.41) is 88.1. The van der Waals surface area contributed by atoms with Crippen molar-refractivity contribution >= 4 is 109 Å². The minimum absolute atomic E-state index is 0.0231. The number of carboxylic acid groups (broad SMARTS) is 1. The van der Waals surface area contributed by atoms with Crippen LogP contribution in [0.5, 0.6) is 5.75 Å². The van der Waals surface area contributed by atoms with E-state index in [-0.39, 0.29) is 88.4 Å². The number of fused-ring (bicyclic) bond motifs is 10. The second-order valence-electron chi connectivity index (χ2n) is 28.0. The van der Waals surface area contributed by atoms with Crippen LogP contribution in [0.2, 0.25) is 0 Å². The first-order chi connectivity index (χ1) is 53.5. The number of phenols is 1. The van der Waals surface area contributed by atoms with E-state index in [0.717, 1.165) is 34.1 Å². The zero-order valence-electron chi connectivity index (χ0n) is 62.8. The Morgan fingerprint density at radius 3 is 1.70 bits per heavy atom. The second-order valence-corrected chi connectivity index (χ2v) is 30.6. The number of carboxylic acids is 1. The third kappa shape index (κ3) is 28.2. The van der Waals surface area contributed by atoms with E-state index in [0.29, 0.717) is 46.1 Å². The number of nitrogens with one attached hydrogen (secondary N) is 14. The van der Waals surface area contributed by atoms with Gasteiger partial charge >= 0.3 is 5.97 Å². The predicted molar refractivity (Wildman–Crippen MR) is 417 cm³/mol. The second kappa shape index (κ2) is 44.7. The molecular weight excluding hydrogens is 1490 g/mol. The summed E-state index contributed by atoms with van der Waals surface area (Å²) in [4.78, 5) is 193. The number of para-hydroxylation sites is 1. The van der Waals surface area contributed by atoms with Gasteiger partial charge in [0.2, 0.25) is 70.9 Å². The number of aromatic nitrogens is 1. The van der Waals surface area contributed by atoms with Gasteiger partial charge in [0.05, 0.1) is 24.9 Å². The number of carbonyl (C=O) groups is 13. The highest BCUT2D eigenvalue weighted by Gasteiger charge is 2.39. The van der Waals surface area contributed by atoms with Crippen molar-refractivity contribution in [3.8, 4) is 5.75 Å². The first-order valence-corrected chi connectivity index (χ1v) is 39.7. The molecular formula is C76H104N16O18S2. The first-order valence-electron chi connectivity index (χ1n) is 37.2. The molecule has 0 aliphatic carbocycles. The van der Waals surface area contributed by atoms with E-state index in [1.807, 2.05) is 13.8 Å². The van der Waals surface area contributed by atoms with Crippen molar-refractivity contribution in [2.75, 3.05) is 31.2 Å². The maximum atomic E-state index is 15.5. The van der Waals surface area contributed by atoms with E-state index in [4.69, 9.17) is 11.5 Å². The monoisotopic (exact) mass is 1590 g/mol. The number of aromatic hydroxyl groups is 1. The summed E-state index contributed by atoms with van der Waals surface area (Å²) in [5.74, 6) is -14.9. The van der Waals surface area contributed by atoms with Crippen LogP contribution in [0.4, 0.5) is 0 Å². The van der Waals surface area contributed by atoms with E-state index < -0.39 is 187 Å². The molecule has 1 aromatic heterocycles. The number of amides is 12. The van der Waals surface area contributed by atoms with E-state index >= 15 is 24.0 Å². The number of unbranched alkanes of at least 4 members (excludes halogenated alkanes) is 1.